The molecule has 5 rings (SSSR count). The molecular formula is C24H21F3N2O3. The van der Waals surface area contributed by atoms with Crippen LogP contribution in [0.4, 0.5) is 18.0 Å². The van der Waals surface area contributed by atoms with Gasteiger partial charge < -0.3 is 9.64 Å². The van der Waals surface area contributed by atoms with E-state index in [1.807, 2.05) is 23.1 Å². The van der Waals surface area contributed by atoms with E-state index in [1.54, 1.807) is 4.90 Å². The van der Waals surface area contributed by atoms with E-state index in [0.717, 1.165) is 29.8 Å². The van der Waals surface area contributed by atoms with E-state index in [2.05, 4.69) is 6.07 Å². The first-order valence-corrected chi connectivity index (χ1v) is 10.6. The average molecular weight is 442 g/mol. The lowest BCUT2D eigenvalue weighted by Crippen LogP contribution is -2.47. The van der Waals surface area contributed by atoms with Crippen LogP contribution in [0.5, 0.6) is 0 Å². The Balaban J connectivity index is 1.24. The van der Waals surface area contributed by atoms with Crippen molar-refractivity contribution in [1.82, 2.24) is 9.80 Å². The Kier molecular flexibility index (Phi) is 5.15. The van der Waals surface area contributed by atoms with E-state index in [0.29, 0.717) is 32.4 Å². The maximum Gasteiger partial charge on any atom is 0.411 e. The zero-order valence-electron chi connectivity index (χ0n) is 17.1. The third-order valence-electron chi connectivity index (χ3n) is 6.55. The van der Waals surface area contributed by atoms with Crippen molar-refractivity contribution in [2.24, 2.45) is 0 Å². The van der Waals surface area contributed by atoms with Crippen LogP contribution in [0.1, 0.15) is 35.6 Å². The van der Waals surface area contributed by atoms with Crippen molar-refractivity contribution in [1.29, 1.82) is 0 Å². The Bertz CT molecular complexity index is 1110. The molecule has 5 nitrogen and oxygen atoms in total. The molecule has 2 aromatic carbocycles. The lowest BCUT2D eigenvalue weighted by atomic mass is 9.99. The molecule has 166 valence electrons. The van der Waals surface area contributed by atoms with Gasteiger partial charge in [0.05, 0.1) is 6.04 Å². The minimum absolute atomic E-state index is 0.0414. The summed E-state index contributed by atoms with van der Waals surface area (Å²) < 4.78 is 45.8. The highest BCUT2D eigenvalue weighted by Gasteiger charge is 2.50. The van der Waals surface area contributed by atoms with E-state index in [9.17, 15) is 22.8 Å². The molecule has 0 unspecified atom stereocenters. The van der Waals surface area contributed by atoms with Gasteiger partial charge in [0.2, 0.25) is 5.91 Å². The Labute approximate surface area is 183 Å². The molecule has 2 aromatic rings. The first kappa shape index (κ1) is 20.6. The Morgan fingerprint density at radius 3 is 2.56 bits per heavy atom. The summed E-state index contributed by atoms with van der Waals surface area (Å²) in [5, 5.41) is 0. The number of carbonyl (C=O) groups is 2. The summed E-state index contributed by atoms with van der Waals surface area (Å²) in [5.74, 6) is -4.52. The number of halogens is 3. The minimum Gasteiger partial charge on any atom is -0.443 e. The highest BCUT2D eigenvalue weighted by atomic mass is 19.2. The Morgan fingerprint density at radius 2 is 1.78 bits per heavy atom. The number of piperidine rings is 1. The zero-order chi connectivity index (χ0) is 22.4. The van der Waals surface area contributed by atoms with Gasteiger partial charge in [0.15, 0.2) is 17.5 Å². The molecule has 2 fully saturated rings. The highest BCUT2D eigenvalue weighted by molar-refractivity contribution is 5.91. The van der Waals surface area contributed by atoms with Gasteiger partial charge in [0.25, 0.3) is 0 Å². The van der Waals surface area contributed by atoms with Crippen molar-refractivity contribution < 1.29 is 27.5 Å². The average Bonchev–Trinajstić information content (AvgIpc) is 3.31. The second-order valence-electron chi connectivity index (χ2n) is 8.33. The summed E-state index contributed by atoms with van der Waals surface area (Å²) in [6.07, 6.45) is 3.72. The predicted octanol–water partition coefficient (Wildman–Crippen LogP) is 4.23. The summed E-state index contributed by atoms with van der Waals surface area (Å²) in [4.78, 5) is 28.5. The number of amides is 2. The van der Waals surface area contributed by atoms with Crippen molar-refractivity contribution in [2.75, 3.05) is 13.1 Å². The topological polar surface area (TPSA) is 49.9 Å². The fraction of sp³-hybridized carbons (Fsp3) is 0.333. The molecule has 2 atom stereocenters. The minimum atomic E-state index is -1.57. The fourth-order valence-electron chi connectivity index (χ4n) is 4.95. The van der Waals surface area contributed by atoms with Crippen LogP contribution in [0.3, 0.4) is 0 Å². The van der Waals surface area contributed by atoms with Gasteiger partial charge in [-0.25, -0.2) is 18.0 Å². The molecule has 0 radical (unpaired) electrons. The van der Waals surface area contributed by atoms with Crippen molar-refractivity contribution in [2.45, 2.75) is 37.5 Å². The lowest BCUT2D eigenvalue weighted by molar-refractivity contribution is -0.127. The number of benzene rings is 2. The van der Waals surface area contributed by atoms with E-state index >= 15 is 0 Å². The molecule has 8 heteroatoms. The van der Waals surface area contributed by atoms with Crippen LogP contribution in [0.15, 0.2) is 42.5 Å². The molecule has 2 aliphatic heterocycles. The number of fused-ring (bicyclic) bond motifs is 3. The fourth-order valence-corrected chi connectivity index (χ4v) is 4.95. The first-order valence-electron chi connectivity index (χ1n) is 10.6. The van der Waals surface area contributed by atoms with Gasteiger partial charge in [-0.3, -0.25) is 9.69 Å². The maximum absolute atomic E-state index is 13.8. The molecule has 0 aromatic heterocycles. The van der Waals surface area contributed by atoms with Gasteiger partial charge >= 0.3 is 6.09 Å². The third kappa shape index (κ3) is 3.43. The van der Waals surface area contributed by atoms with Gasteiger partial charge in [-0.1, -0.05) is 24.3 Å². The largest absolute Gasteiger partial charge is 0.443 e. The third-order valence-corrected chi connectivity index (χ3v) is 6.55. The van der Waals surface area contributed by atoms with E-state index in [1.165, 1.54) is 5.56 Å². The summed E-state index contributed by atoms with van der Waals surface area (Å²) >= 11 is 0. The number of hydrogen-bond donors (Lipinski definition) is 0. The van der Waals surface area contributed by atoms with Crippen LogP contribution in [0, 0.1) is 17.5 Å². The normalized spacial score (nSPS) is 22.9. The molecule has 2 amide bonds. The molecule has 0 saturated carbocycles. The molecular weight excluding hydrogens is 421 g/mol. The first-order chi connectivity index (χ1) is 15.4. The van der Waals surface area contributed by atoms with Crippen molar-refractivity contribution in [3.8, 4) is 0 Å². The number of nitrogens with zero attached hydrogens (tertiary/aromatic N) is 2. The number of ether oxygens (including phenoxy) is 1. The molecule has 0 N–H and O–H groups in total. The van der Waals surface area contributed by atoms with Gasteiger partial charge in [-0.15, -0.1) is 0 Å². The molecule has 0 bridgehead atoms. The second kappa shape index (κ2) is 8.00. The van der Waals surface area contributed by atoms with Crippen LogP contribution in [0.2, 0.25) is 0 Å². The zero-order valence-corrected chi connectivity index (χ0v) is 17.1. The molecule has 2 saturated heterocycles. The van der Waals surface area contributed by atoms with Crippen LogP contribution < -0.4 is 0 Å². The van der Waals surface area contributed by atoms with Crippen molar-refractivity contribution in [3.05, 3.63) is 76.6 Å². The quantitative estimate of drug-likeness (QED) is 0.528. The number of carbonyl (C=O) groups excluding carboxylic acids is 2. The summed E-state index contributed by atoms with van der Waals surface area (Å²) in [6, 6.07) is 9.80. The van der Waals surface area contributed by atoms with Gasteiger partial charge in [-0.2, -0.15) is 0 Å². The standard InChI is InChI=1S/C24H21F3N2O3/c25-18-7-5-14(21(26)22(18)27)6-8-20(30)28-11-9-16(10-12-28)29-23-17-4-2-1-3-15(17)13-19(23)32-24(29)31/h1-8,16,19,23H,9-13H2/b8-6+/t19-,23+/m1/s1. The number of hydrogen-bond acceptors (Lipinski definition) is 3. The van der Waals surface area contributed by atoms with Crippen LogP contribution in [-0.4, -0.2) is 47.0 Å². The molecule has 32 heavy (non-hydrogen) atoms. The van der Waals surface area contributed by atoms with Crippen LogP contribution in [-0.2, 0) is 16.0 Å². The lowest BCUT2D eigenvalue weighted by Gasteiger charge is -2.37. The van der Waals surface area contributed by atoms with Gasteiger partial charge in [0, 0.05) is 37.2 Å². The highest BCUT2D eigenvalue weighted by Crippen LogP contribution is 2.44. The second-order valence-corrected chi connectivity index (χ2v) is 8.33. The molecule has 1 aliphatic carbocycles. The van der Waals surface area contributed by atoms with E-state index < -0.39 is 17.5 Å². The summed E-state index contributed by atoms with van der Waals surface area (Å²) in [7, 11) is 0. The van der Waals surface area contributed by atoms with Crippen LogP contribution in [0.25, 0.3) is 6.08 Å². The van der Waals surface area contributed by atoms with E-state index in [4.69, 9.17) is 4.74 Å². The number of rotatable bonds is 3. The number of likely N-dealkylation sites (tertiary alicyclic amines) is 1. The molecule has 2 heterocycles. The Hall–Kier alpha value is -3.29. The maximum atomic E-state index is 13.8. The summed E-state index contributed by atoms with van der Waals surface area (Å²) in [5.41, 5.74) is 2.12. The Morgan fingerprint density at radius 1 is 1.03 bits per heavy atom. The van der Waals surface area contributed by atoms with Crippen molar-refractivity contribution >= 4 is 18.1 Å². The molecule has 3 aliphatic rings. The van der Waals surface area contributed by atoms with Gasteiger partial charge in [0.1, 0.15) is 6.10 Å². The monoisotopic (exact) mass is 442 g/mol. The van der Waals surface area contributed by atoms with Crippen molar-refractivity contribution in [3.63, 3.8) is 0 Å². The summed E-state index contributed by atoms with van der Waals surface area (Å²) in [6.45, 7) is 0.855. The van der Waals surface area contributed by atoms with E-state index in [-0.39, 0.29) is 35.8 Å². The van der Waals surface area contributed by atoms with Crippen LogP contribution >= 0.6 is 0 Å². The predicted molar refractivity (Wildman–Crippen MR) is 110 cm³/mol. The van der Waals surface area contributed by atoms with Gasteiger partial charge in [-0.05, 0) is 42.2 Å². The molecule has 0 spiro atoms. The smallest absolute Gasteiger partial charge is 0.411 e. The SMILES string of the molecule is O=C(/C=C/c1ccc(F)c(F)c1F)N1CCC(N2C(=O)O[C@@H]3Cc4ccccc4[C@@H]32)CC1.